The molecule has 0 fully saturated rings. The number of carbonyl (C=O) groups excluding carboxylic acids is 1. The van der Waals surface area contributed by atoms with Crippen LogP contribution < -0.4 is 0 Å². The third-order valence-corrected chi connectivity index (χ3v) is 8.79. The number of sulfonamides is 1. The maximum Gasteiger partial charge on any atom is 0.238 e. The van der Waals surface area contributed by atoms with Crippen molar-refractivity contribution in [3.63, 3.8) is 0 Å². The summed E-state index contributed by atoms with van der Waals surface area (Å²) >= 11 is 1.71. The van der Waals surface area contributed by atoms with Gasteiger partial charge < -0.3 is 4.90 Å². The number of nitrogens with zero attached hydrogens (tertiary/aromatic N) is 2. The van der Waals surface area contributed by atoms with Crippen molar-refractivity contribution in [1.29, 1.82) is 0 Å². The van der Waals surface area contributed by atoms with E-state index in [9.17, 15) is 13.2 Å². The van der Waals surface area contributed by atoms with Crippen LogP contribution >= 0.6 is 11.3 Å². The zero-order valence-electron chi connectivity index (χ0n) is 19.7. The molecule has 7 heteroatoms. The summed E-state index contributed by atoms with van der Waals surface area (Å²) in [5.74, 6) is -0.187. The van der Waals surface area contributed by atoms with Crippen LogP contribution in [0.25, 0.3) is 6.08 Å². The van der Waals surface area contributed by atoms with Crippen LogP contribution in [0.4, 0.5) is 0 Å². The molecule has 1 unspecified atom stereocenters. The van der Waals surface area contributed by atoms with Gasteiger partial charge in [-0.25, -0.2) is 8.42 Å². The molecule has 1 aliphatic rings. The fourth-order valence-corrected chi connectivity index (χ4v) is 6.56. The summed E-state index contributed by atoms with van der Waals surface area (Å²) < 4.78 is 27.6. The Labute approximate surface area is 206 Å². The summed E-state index contributed by atoms with van der Waals surface area (Å²) in [6.45, 7) is 6.01. The molecule has 1 atom stereocenters. The van der Waals surface area contributed by atoms with Crippen LogP contribution in [0.5, 0.6) is 0 Å². The maximum absolute atomic E-state index is 13.6. The van der Waals surface area contributed by atoms with Gasteiger partial charge in [-0.2, -0.15) is 4.31 Å². The molecule has 178 valence electrons. The molecule has 2 heterocycles. The zero-order valence-corrected chi connectivity index (χ0v) is 21.4. The van der Waals surface area contributed by atoms with Crippen molar-refractivity contribution in [3.05, 3.63) is 98.6 Å². The molecule has 0 N–H and O–H groups in total. The highest BCUT2D eigenvalue weighted by molar-refractivity contribution is 7.92. The first-order chi connectivity index (χ1) is 16.3. The SMILES string of the molecule is Cc1ccc(C2c3ccsc3CCN2C(=O)CN(C(C)C)S(=O)(=O)C=Cc2ccccc2)cc1. The second kappa shape index (κ2) is 10.3. The molecule has 0 bridgehead atoms. The molecule has 34 heavy (non-hydrogen) atoms. The molecule has 1 amide bonds. The van der Waals surface area contributed by atoms with E-state index in [1.165, 1.54) is 14.6 Å². The molecule has 2 aromatic carbocycles. The van der Waals surface area contributed by atoms with Gasteiger partial charge in [0, 0.05) is 22.9 Å². The van der Waals surface area contributed by atoms with Crippen molar-refractivity contribution < 1.29 is 13.2 Å². The van der Waals surface area contributed by atoms with E-state index < -0.39 is 10.0 Å². The Morgan fingerprint density at radius 2 is 1.82 bits per heavy atom. The predicted octanol–water partition coefficient (Wildman–Crippen LogP) is 5.24. The molecule has 5 nitrogen and oxygen atoms in total. The number of fused-ring (bicyclic) bond motifs is 1. The van der Waals surface area contributed by atoms with Crippen molar-refractivity contribution in [2.45, 2.75) is 39.3 Å². The highest BCUT2D eigenvalue weighted by Gasteiger charge is 2.35. The van der Waals surface area contributed by atoms with Crippen LogP contribution in [-0.2, 0) is 21.2 Å². The van der Waals surface area contributed by atoms with E-state index in [-0.39, 0.29) is 24.5 Å². The Morgan fingerprint density at radius 1 is 1.12 bits per heavy atom. The average molecular weight is 495 g/mol. The van der Waals surface area contributed by atoms with Gasteiger partial charge in [0.2, 0.25) is 15.9 Å². The monoisotopic (exact) mass is 494 g/mol. The number of carbonyl (C=O) groups is 1. The van der Waals surface area contributed by atoms with Crippen molar-refractivity contribution in [3.8, 4) is 0 Å². The fourth-order valence-electron chi connectivity index (χ4n) is 4.29. The third kappa shape index (κ3) is 5.32. The molecule has 0 spiro atoms. The van der Waals surface area contributed by atoms with Gasteiger partial charge in [0.1, 0.15) is 0 Å². The quantitative estimate of drug-likeness (QED) is 0.451. The molecule has 0 saturated heterocycles. The van der Waals surface area contributed by atoms with E-state index in [0.717, 1.165) is 28.7 Å². The fraction of sp³-hybridized carbons (Fsp3) is 0.296. The van der Waals surface area contributed by atoms with Crippen LogP contribution in [-0.4, -0.2) is 42.7 Å². The number of benzene rings is 2. The van der Waals surface area contributed by atoms with Crippen molar-refractivity contribution in [1.82, 2.24) is 9.21 Å². The standard InChI is InChI=1S/C27H30N2O3S2/c1-20(2)29(34(31,32)18-15-22-7-5-4-6-8-22)19-26(30)28-16-13-25-24(14-17-33-25)27(28)23-11-9-21(3)10-12-23/h4-12,14-15,17-18,20,27H,13,16,19H2,1-3H3. The van der Waals surface area contributed by atoms with Gasteiger partial charge >= 0.3 is 0 Å². The Morgan fingerprint density at radius 3 is 2.50 bits per heavy atom. The Hall–Kier alpha value is -2.74. The molecular formula is C27H30N2O3S2. The van der Waals surface area contributed by atoms with Crippen molar-refractivity contribution in [2.75, 3.05) is 13.1 Å². The average Bonchev–Trinajstić information content (AvgIpc) is 3.30. The number of hydrogen-bond acceptors (Lipinski definition) is 4. The minimum absolute atomic E-state index is 0.187. The lowest BCUT2D eigenvalue weighted by atomic mass is 9.92. The Balaban J connectivity index is 1.61. The number of rotatable bonds is 7. The van der Waals surface area contributed by atoms with Crippen LogP contribution in [0.2, 0.25) is 0 Å². The second-order valence-corrected chi connectivity index (χ2v) is 11.6. The molecule has 0 radical (unpaired) electrons. The van der Waals surface area contributed by atoms with Crippen LogP contribution in [0.3, 0.4) is 0 Å². The summed E-state index contributed by atoms with van der Waals surface area (Å²) in [7, 11) is -3.78. The highest BCUT2D eigenvalue weighted by atomic mass is 32.2. The lowest BCUT2D eigenvalue weighted by Gasteiger charge is -2.38. The first-order valence-corrected chi connectivity index (χ1v) is 13.8. The molecule has 0 saturated carbocycles. The number of hydrogen-bond donors (Lipinski definition) is 0. The van der Waals surface area contributed by atoms with Gasteiger partial charge in [-0.15, -0.1) is 11.3 Å². The van der Waals surface area contributed by atoms with E-state index in [2.05, 4.69) is 35.7 Å². The van der Waals surface area contributed by atoms with E-state index >= 15 is 0 Å². The molecule has 1 aromatic heterocycles. The van der Waals surface area contributed by atoms with E-state index in [4.69, 9.17) is 0 Å². The normalized spacial score (nSPS) is 16.4. The first kappa shape index (κ1) is 24.4. The lowest BCUT2D eigenvalue weighted by molar-refractivity contribution is -0.133. The molecule has 4 rings (SSSR count). The summed E-state index contributed by atoms with van der Waals surface area (Å²) in [6.07, 6.45) is 2.35. The van der Waals surface area contributed by atoms with E-state index in [1.54, 1.807) is 31.3 Å². The van der Waals surface area contributed by atoms with Gasteiger partial charge in [-0.3, -0.25) is 4.79 Å². The molecular weight excluding hydrogens is 464 g/mol. The minimum Gasteiger partial charge on any atom is -0.330 e. The summed E-state index contributed by atoms with van der Waals surface area (Å²) in [5.41, 5.74) is 4.13. The van der Waals surface area contributed by atoms with E-state index in [1.807, 2.05) is 42.2 Å². The number of aryl methyl sites for hydroxylation is 1. The van der Waals surface area contributed by atoms with Crippen LogP contribution in [0.1, 0.15) is 47.0 Å². The smallest absolute Gasteiger partial charge is 0.238 e. The van der Waals surface area contributed by atoms with Gasteiger partial charge in [-0.1, -0.05) is 60.2 Å². The zero-order chi connectivity index (χ0) is 24.3. The first-order valence-electron chi connectivity index (χ1n) is 11.4. The van der Waals surface area contributed by atoms with Gasteiger partial charge in [0.05, 0.1) is 12.6 Å². The largest absolute Gasteiger partial charge is 0.330 e. The number of thiophene rings is 1. The minimum atomic E-state index is -3.78. The Kier molecular flexibility index (Phi) is 7.36. The lowest BCUT2D eigenvalue weighted by Crippen LogP contribution is -2.48. The molecule has 3 aromatic rings. The van der Waals surface area contributed by atoms with Gasteiger partial charge in [0.15, 0.2) is 0 Å². The van der Waals surface area contributed by atoms with E-state index in [0.29, 0.717) is 6.54 Å². The maximum atomic E-state index is 13.6. The van der Waals surface area contributed by atoms with Crippen molar-refractivity contribution >= 4 is 33.3 Å². The number of amides is 1. The predicted molar refractivity (Wildman–Crippen MR) is 139 cm³/mol. The highest BCUT2D eigenvalue weighted by Crippen LogP contribution is 2.38. The molecule has 0 aliphatic carbocycles. The summed E-state index contributed by atoms with van der Waals surface area (Å²) in [4.78, 5) is 16.7. The molecule has 1 aliphatic heterocycles. The van der Waals surface area contributed by atoms with Gasteiger partial charge in [0.25, 0.3) is 0 Å². The van der Waals surface area contributed by atoms with Crippen LogP contribution in [0.15, 0.2) is 71.5 Å². The van der Waals surface area contributed by atoms with Gasteiger partial charge in [-0.05, 0) is 61.4 Å². The second-order valence-electron chi connectivity index (χ2n) is 8.85. The summed E-state index contributed by atoms with van der Waals surface area (Å²) in [5, 5.41) is 3.26. The van der Waals surface area contributed by atoms with Crippen molar-refractivity contribution in [2.24, 2.45) is 0 Å². The topological polar surface area (TPSA) is 57.7 Å². The third-order valence-electron chi connectivity index (χ3n) is 6.11. The van der Waals surface area contributed by atoms with Crippen LogP contribution in [0, 0.1) is 6.92 Å². The Bertz CT molecular complexity index is 1260. The summed E-state index contributed by atoms with van der Waals surface area (Å²) in [6, 6.07) is 19.0.